The molecule has 0 aromatic heterocycles. The number of aryl methyl sites for hydroxylation is 1. The summed E-state index contributed by atoms with van der Waals surface area (Å²) in [5.74, 6) is 0.353. The normalized spacial score (nSPS) is 23.0. The standard InChI is InChI=1S/C11H11BrClNO3/c1-6-2-7(12)3-10(14(15)16)11(6)17-9-4-8(13)5-9/h2-3,8-9H,4-5H2,1H3. The molecular weight excluding hydrogens is 309 g/mol. The second kappa shape index (κ2) is 4.82. The van der Waals surface area contributed by atoms with Gasteiger partial charge in [0.2, 0.25) is 0 Å². The Morgan fingerprint density at radius 3 is 2.71 bits per heavy atom. The van der Waals surface area contributed by atoms with Crippen LogP contribution >= 0.6 is 27.5 Å². The summed E-state index contributed by atoms with van der Waals surface area (Å²) in [4.78, 5) is 10.5. The molecule has 6 heteroatoms. The molecule has 0 spiro atoms. The maximum Gasteiger partial charge on any atom is 0.312 e. The van der Waals surface area contributed by atoms with Crippen LogP contribution in [0.25, 0.3) is 0 Å². The fourth-order valence-corrected chi connectivity index (χ4v) is 2.72. The first-order valence-electron chi connectivity index (χ1n) is 5.22. The van der Waals surface area contributed by atoms with Crippen LogP contribution in [0.1, 0.15) is 18.4 Å². The number of rotatable bonds is 3. The van der Waals surface area contributed by atoms with Crippen molar-refractivity contribution < 1.29 is 9.66 Å². The van der Waals surface area contributed by atoms with Crippen LogP contribution in [-0.4, -0.2) is 16.4 Å². The van der Waals surface area contributed by atoms with E-state index in [1.54, 1.807) is 13.0 Å². The van der Waals surface area contributed by atoms with E-state index >= 15 is 0 Å². The summed E-state index contributed by atoms with van der Waals surface area (Å²) in [6.45, 7) is 1.80. The van der Waals surface area contributed by atoms with Gasteiger partial charge in [0.1, 0.15) is 6.10 Å². The molecule has 1 aromatic rings. The van der Waals surface area contributed by atoms with E-state index < -0.39 is 4.92 Å². The number of halogens is 2. The monoisotopic (exact) mass is 319 g/mol. The number of nitro groups is 1. The SMILES string of the molecule is Cc1cc(Br)cc([N+](=O)[O-])c1OC1CC(Cl)C1. The minimum Gasteiger partial charge on any atom is -0.483 e. The zero-order valence-electron chi connectivity index (χ0n) is 9.15. The molecule has 0 bridgehead atoms. The van der Waals surface area contributed by atoms with Crippen molar-refractivity contribution in [1.82, 2.24) is 0 Å². The number of ether oxygens (including phenoxy) is 1. The summed E-state index contributed by atoms with van der Waals surface area (Å²) >= 11 is 9.10. The van der Waals surface area contributed by atoms with Crippen LogP contribution in [-0.2, 0) is 0 Å². The van der Waals surface area contributed by atoms with E-state index in [-0.39, 0.29) is 17.2 Å². The van der Waals surface area contributed by atoms with E-state index in [1.165, 1.54) is 6.07 Å². The van der Waals surface area contributed by atoms with E-state index in [4.69, 9.17) is 16.3 Å². The quantitative estimate of drug-likeness (QED) is 0.483. The van der Waals surface area contributed by atoms with Crippen LogP contribution in [0.3, 0.4) is 0 Å². The Bertz CT molecular complexity index is 460. The summed E-state index contributed by atoms with van der Waals surface area (Å²) in [7, 11) is 0. The van der Waals surface area contributed by atoms with Gasteiger partial charge in [0.25, 0.3) is 0 Å². The van der Waals surface area contributed by atoms with Gasteiger partial charge in [-0.2, -0.15) is 0 Å². The van der Waals surface area contributed by atoms with Crippen molar-refractivity contribution in [3.8, 4) is 5.75 Å². The third kappa shape index (κ3) is 2.72. The molecule has 0 aliphatic heterocycles. The molecule has 0 atom stereocenters. The van der Waals surface area contributed by atoms with Crippen molar-refractivity contribution in [2.45, 2.75) is 31.2 Å². The summed E-state index contributed by atoms with van der Waals surface area (Å²) in [5, 5.41) is 11.1. The zero-order valence-corrected chi connectivity index (χ0v) is 11.5. The van der Waals surface area contributed by atoms with Gasteiger partial charge >= 0.3 is 5.69 Å². The van der Waals surface area contributed by atoms with Gasteiger partial charge in [0, 0.05) is 28.8 Å². The molecule has 0 radical (unpaired) electrons. The van der Waals surface area contributed by atoms with Gasteiger partial charge in [-0.15, -0.1) is 11.6 Å². The maximum atomic E-state index is 11.0. The molecule has 0 N–H and O–H groups in total. The Hall–Kier alpha value is -0.810. The third-order valence-electron chi connectivity index (χ3n) is 2.74. The van der Waals surface area contributed by atoms with Gasteiger partial charge in [-0.3, -0.25) is 10.1 Å². The number of benzene rings is 1. The Kier molecular flexibility index (Phi) is 3.58. The highest BCUT2D eigenvalue weighted by molar-refractivity contribution is 9.10. The molecule has 1 fully saturated rings. The van der Waals surface area contributed by atoms with Gasteiger partial charge in [0.15, 0.2) is 5.75 Å². The Labute approximate surface area is 112 Å². The molecule has 1 aliphatic rings. The molecule has 1 aromatic carbocycles. The molecule has 0 unspecified atom stereocenters. The number of hydrogen-bond acceptors (Lipinski definition) is 3. The van der Waals surface area contributed by atoms with Crippen LogP contribution < -0.4 is 4.74 Å². The predicted molar refractivity (Wildman–Crippen MR) is 68.8 cm³/mol. The van der Waals surface area contributed by atoms with E-state index in [0.29, 0.717) is 10.2 Å². The van der Waals surface area contributed by atoms with Gasteiger partial charge in [-0.05, 0) is 18.6 Å². The number of alkyl halides is 1. The largest absolute Gasteiger partial charge is 0.483 e. The lowest BCUT2D eigenvalue weighted by Crippen LogP contribution is -2.34. The van der Waals surface area contributed by atoms with E-state index in [2.05, 4.69) is 15.9 Å². The predicted octanol–water partition coefficient (Wildman–Crippen LogP) is 3.81. The highest BCUT2D eigenvalue weighted by Gasteiger charge is 2.31. The lowest BCUT2D eigenvalue weighted by Gasteiger charge is -2.31. The molecule has 0 heterocycles. The van der Waals surface area contributed by atoms with Gasteiger partial charge in [-0.25, -0.2) is 0 Å². The minimum atomic E-state index is -0.427. The molecule has 2 rings (SSSR count). The minimum absolute atomic E-state index is 0.00363. The van der Waals surface area contributed by atoms with Gasteiger partial charge < -0.3 is 4.74 Å². The first kappa shape index (κ1) is 12.6. The van der Waals surface area contributed by atoms with Crippen LogP contribution in [0.5, 0.6) is 5.75 Å². The Morgan fingerprint density at radius 2 is 2.18 bits per heavy atom. The second-order valence-electron chi connectivity index (χ2n) is 4.14. The second-order valence-corrected chi connectivity index (χ2v) is 5.67. The first-order valence-corrected chi connectivity index (χ1v) is 6.45. The van der Waals surface area contributed by atoms with Crippen molar-refractivity contribution in [3.63, 3.8) is 0 Å². The zero-order chi connectivity index (χ0) is 12.6. The van der Waals surface area contributed by atoms with Crippen molar-refractivity contribution in [2.75, 3.05) is 0 Å². The smallest absolute Gasteiger partial charge is 0.312 e. The summed E-state index contributed by atoms with van der Waals surface area (Å²) in [5.41, 5.74) is 0.749. The summed E-state index contributed by atoms with van der Waals surface area (Å²) in [6, 6.07) is 3.26. The van der Waals surface area contributed by atoms with Crippen molar-refractivity contribution >= 4 is 33.2 Å². The lowest BCUT2D eigenvalue weighted by atomic mass is 9.95. The van der Waals surface area contributed by atoms with E-state index in [1.807, 2.05) is 0 Å². The Balaban J connectivity index is 2.28. The van der Waals surface area contributed by atoms with E-state index in [9.17, 15) is 10.1 Å². The van der Waals surface area contributed by atoms with Crippen molar-refractivity contribution in [2.24, 2.45) is 0 Å². The molecule has 1 aliphatic carbocycles. The number of nitro benzene ring substituents is 1. The summed E-state index contributed by atoms with van der Waals surface area (Å²) in [6.07, 6.45) is 1.48. The van der Waals surface area contributed by atoms with Gasteiger partial charge in [-0.1, -0.05) is 15.9 Å². The fraction of sp³-hybridized carbons (Fsp3) is 0.455. The van der Waals surface area contributed by atoms with Gasteiger partial charge in [0.05, 0.1) is 4.92 Å². The molecule has 1 saturated carbocycles. The van der Waals surface area contributed by atoms with Crippen LogP contribution in [0, 0.1) is 17.0 Å². The fourth-order valence-electron chi connectivity index (χ4n) is 1.77. The molecule has 17 heavy (non-hydrogen) atoms. The van der Waals surface area contributed by atoms with Crippen LogP contribution in [0.2, 0.25) is 0 Å². The molecule has 92 valence electrons. The lowest BCUT2D eigenvalue weighted by molar-refractivity contribution is -0.386. The topological polar surface area (TPSA) is 52.4 Å². The average molecular weight is 321 g/mol. The number of hydrogen-bond donors (Lipinski definition) is 0. The molecule has 4 nitrogen and oxygen atoms in total. The highest BCUT2D eigenvalue weighted by Crippen LogP contribution is 2.38. The molecule has 0 amide bonds. The highest BCUT2D eigenvalue weighted by atomic mass is 79.9. The maximum absolute atomic E-state index is 11.0. The summed E-state index contributed by atoms with van der Waals surface area (Å²) < 4.78 is 6.33. The van der Waals surface area contributed by atoms with Crippen LogP contribution in [0.4, 0.5) is 5.69 Å². The average Bonchev–Trinajstić information content (AvgIpc) is 2.18. The van der Waals surface area contributed by atoms with Crippen molar-refractivity contribution in [1.29, 1.82) is 0 Å². The molecular formula is C11H11BrClNO3. The van der Waals surface area contributed by atoms with Crippen LogP contribution in [0.15, 0.2) is 16.6 Å². The first-order chi connectivity index (χ1) is 7.97. The molecule has 0 saturated heterocycles. The van der Waals surface area contributed by atoms with E-state index in [0.717, 1.165) is 18.4 Å². The third-order valence-corrected chi connectivity index (χ3v) is 3.55. The Morgan fingerprint density at radius 1 is 1.53 bits per heavy atom. The van der Waals surface area contributed by atoms with Crippen molar-refractivity contribution in [3.05, 3.63) is 32.3 Å². The number of nitrogens with zero attached hydrogens (tertiary/aromatic N) is 1.